The average Bonchev–Trinajstić information content (AvgIpc) is 3.02. The van der Waals surface area contributed by atoms with Gasteiger partial charge in [0, 0.05) is 18.0 Å². The summed E-state index contributed by atoms with van der Waals surface area (Å²) in [6.45, 7) is 6.94. The van der Waals surface area contributed by atoms with Crippen LogP contribution in [0, 0.1) is 0 Å². The van der Waals surface area contributed by atoms with Gasteiger partial charge in [0.25, 0.3) is 5.91 Å². The maximum atomic E-state index is 13.5. The first-order chi connectivity index (χ1) is 14.1. The maximum absolute atomic E-state index is 13.5. The third-order valence-electron chi connectivity index (χ3n) is 5.53. The van der Waals surface area contributed by atoms with Gasteiger partial charge in [0.1, 0.15) is 0 Å². The number of nitrogens with zero attached hydrogens (tertiary/aromatic N) is 2. The number of aliphatic imine (C=N–C) groups is 1. The Hall–Kier alpha value is -2.56. The molecule has 1 atom stereocenters. The number of unbranched alkanes of at least 4 members (excludes halogenated alkanes) is 3. The van der Waals surface area contributed by atoms with Crippen LogP contribution < -0.4 is 9.47 Å². The Morgan fingerprint density at radius 2 is 2.03 bits per heavy atom. The van der Waals surface area contributed by atoms with Gasteiger partial charge in [-0.15, -0.1) is 0 Å². The van der Waals surface area contributed by atoms with Gasteiger partial charge in [-0.25, -0.2) is 0 Å². The summed E-state index contributed by atoms with van der Waals surface area (Å²) in [4.78, 5) is 20.0. The van der Waals surface area contributed by atoms with E-state index in [1.165, 1.54) is 18.4 Å². The van der Waals surface area contributed by atoms with Crippen LogP contribution in [0.3, 0.4) is 0 Å². The van der Waals surface area contributed by atoms with Crippen molar-refractivity contribution in [1.82, 2.24) is 4.90 Å². The standard InChI is InChI=1S/C24H32N2O3/c1-5-8-9-10-12-29-23-15-20-19(14-22(23)28-4)24(27)26-18(16-25-20)13-17(7-3)21(26)11-6-2/h6,11,14-16,18H,5,7-10,12-13H2,1-4H3/b11-6-/t18-/m0/s1. The van der Waals surface area contributed by atoms with Gasteiger partial charge in [-0.2, -0.15) is 0 Å². The van der Waals surface area contributed by atoms with Crippen molar-refractivity contribution in [1.29, 1.82) is 0 Å². The van der Waals surface area contributed by atoms with Crippen molar-refractivity contribution in [2.24, 2.45) is 4.99 Å². The third kappa shape index (κ3) is 4.39. The molecule has 0 unspecified atom stereocenters. The first-order valence-electron chi connectivity index (χ1n) is 10.7. The van der Waals surface area contributed by atoms with Gasteiger partial charge in [-0.3, -0.25) is 14.7 Å². The molecule has 3 rings (SSSR count). The number of carbonyl (C=O) groups excluding carboxylic acids is 1. The summed E-state index contributed by atoms with van der Waals surface area (Å²) in [5.74, 6) is 1.19. The quantitative estimate of drug-likeness (QED) is 0.494. The first-order valence-corrected chi connectivity index (χ1v) is 10.7. The molecule has 2 aliphatic rings. The van der Waals surface area contributed by atoms with Crippen LogP contribution in [0.2, 0.25) is 0 Å². The molecule has 156 valence electrons. The predicted molar refractivity (Wildman–Crippen MR) is 117 cm³/mol. The molecule has 1 aromatic rings. The minimum Gasteiger partial charge on any atom is -0.493 e. The first kappa shape index (κ1) is 21.2. The Morgan fingerprint density at radius 1 is 1.21 bits per heavy atom. The SMILES string of the molecule is C/C=C\C1=C(CC)C[C@H]2C=Nc3cc(OCCCCCC)c(OC)cc3C(=O)N12. The second-order valence-electron chi connectivity index (χ2n) is 7.50. The van der Waals surface area contributed by atoms with Crippen molar-refractivity contribution in [2.45, 2.75) is 65.3 Å². The van der Waals surface area contributed by atoms with Crippen LogP contribution in [0.15, 0.2) is 40.5 Å². The molecular formula is C24H32N2O3. The van der Waals surface area contributed by atoms with Crippen molar-refractivity contribution in [3.8, 4) is 11.5 Å². The highest BCUT2D eigenvalue weighted by Gasteiger charge is 2.36. The number of amides is 1. The Bertz CT molecular complexity index is 839. The van der Waals surface area contributed by atoms with Gasteiger partial charge in [0.15, 0.2) is 11.5 Å². The number of hydrogen-bond acceptors (Lipinski definition) is 4. The van der Waals surface area contributed by atoms with E-state index in [-0.39, 0.29) is 11.9 Å². The molecule has 2 aliphatic heterocycles. The summed E-state index contributed by atoms with van der Waals surface area (Å²) in [7, 11) is 1.61. The Morgan fingerprint density at radius 3 is 2.72 bits per heavy atom. The van der Waals surface area contributed by atoms with Gasteiger partial charge in [0.2, 0.25) is 0 Å². The van der Waals surface area contributed by atoms with Crippen LogP contribution in [0.25, 0.3) is 0 Å². The number of benzene rings is 1. The minimum atomic E-state index is -0.0412. The van der Waals surface area contributed by atoms with Crippen molar-refractivity contribution in [3.05, 3.63) is 41.1 Å². The van der Waals surface area contributed by atoms with E-state index in [4.69, 9.17) is 9.47 Å². The molecule has 5 heteroatoms. The van der Waals surface area contributed by atoms with E-state index in [2.05, 4.69) is 18.8 Å². The normalized spacial score (nSPS) is 18.3. The summed E-state index contributed by atoms with van der Waals surface area (Å²) in [6.07, 6.45) is 12.2. The molecule has 0 fully saturated rings. The average molecular weight is 397 g/mol. The van der Waals surface area contributed by atoms with Gasteiger partial charge in [0.05, 0.1) is 31.0 Å². The smallest absolute Gasteiger partial charge is 0.261 e. The van der Waals surface area contributed by atoms with Gasteiger partial charge in [-0.05, 0) is 43.9 Å². The molecule has 0 saturated heterocycles. The molecule has 0 saturated carbocycles. The van der Waals surface area contributed by atoms with Crippen LogP contribution in [0.1, 0.15) is 69.7 Å². The Labute approximate surface area is 174 Å². The summed E-state index contributed by atoms with van der Waals surface area (Å²) >= 11 is 0. The molecule has 5 nitrogen and oxygen atoms in total. The number of methoxy groups -OCH3 is 1. The largest absolute Gasteiger partial charge is 0.493 e. The van der Waals surface area contributed by atoms with E-state index in [0.717, 1.165) is 31.4 Å². The number of rotatable bonds is 9. The van der Waals surface area contributed by atoms with Crippen molar-refractivity contribution >= 4 is 17.8 Å². The summed E-state index contributed by atoms with van der Waals surface area (Å²) < 4.78 is 11.5. The molecule has 0 N–H and O–H groups in total. The van der Waals surface area contributed by atoms with E-state index < -0.39 is 0 Å². The highest BCUT2D eigenvalue weighted by atomic mass is 16.5. The molecule has 2 heterocycles. The molecule has 29 heavy (non-hydrogen) atoms. The highest BCUT2D eigenvalue weighted by molar-refractivity contribution is 6.05. The Kier molecular flexibility index (Phi) is 7.13. The van der Waals surface area contributed by atoms with Crippen LogP contribution in [0.5, 0.6) is 11.5 Å². The van der Waals surface area contributed by atoms with Crippen molar-refractivity contribution < 1.29 is 14.3 Å². The lowest BCUT2D eigenvalue weighted by atomic mass is 10.1. The van der Waals surface area contributed by atoms with Crippen LogP contribution in [0.4, 0.5) is 5.69 Å². The number of ether oxygens (including phenoxy) is 2. The minimum absolute atomic E-state index is 0.0353. The van der Waals surface area contributed by atoms with Crippen molar-refractivity contribution in [2.75, 3.05) is 13.7 Å². The van der Waals surface area contributed by atoms with Crippen LogP contribution in [-0.2, 0) is 0 Å². The van der Waals surface area contributed by atoms with E-state index in [1.807, 2.05) is 36.3 Å². The lowest BCUT2D eigenvalue weighted by Gasteiger charge is -2.23. The van der Waals surface area contributed by atoms with Gasteiger partial charge >= 0.3 is 0 Å². The topological polar surface area (TPSA) is 51.1 Å². The molecular weight excluding hydrogens is 364 g/mol. The number of fused-ring (bicyclic) bond motifs is 2. The molecule has 0 spiro atoms. The lowest BCUT2D eigenvalue weighted by molar-refractivity contribution is 0.0806. The molecule has 1 amide bonds. The van der Waals surface area contributed by atoms with Crippen LogP contribution in [-0.4, -0.2) is 36.8 Å². The fourth-order valence-corrected chi connectivity index (χ4v) is 3.96. The van der Waals surface area contributed by atoms with E-state index in [9.17, 15) is 4.79 Å². The number of hydrogen-bond donors (Lipinski definition) is 0. The van der Waals surface area contributed by atoms with Crippen molar-refractivity contribution in [3.63, 3.8) is 0 Å². The molecule has 0 aliphatic carbocycles. The molecule has 0 aromatic heterocycles. The molecule has 1 aromatic carbocycles. The summed E-state index contributed by atoms with van der Waals surface area (Å²) in [5.41, 5.74) is 3.49. The zero-order valence-electron chi connectivity index (χ0n) is 18.0. The third-order valence-corrected chi connectivity index (χ3v) is 5.53. The zero-order chi connectivity index (χ0) is 20.8. The van der Waals surface area contributed by atoms with Gasteiger partial charge < -0.3 is 9.47 Å². The van der Waals surface area contributed by atoms with Crippen LogP contribution >= 0.6 is 0 Å². The monoisotopic (exact) mass is 396 g/mol. The van der Waals surface area contributed by atoms with Gasteiger partial charge in [-0.1, -0.05) is 39.2 Å². The summed E-state index contributed by atoms with van der Waals surface area (Å²) in [6, 6.07) is 3.57. The second-order valence-corrected chi connectivity index (χ2v) is 7.50. The predicted octanol–water partition coefficient (Wildman–Crippen LogP) is 5.82. The summed E-state index contributed by atoms with van der Waals surface area (Å²) in [5, 5.41) is 0. The van der Waals surface area contributed by atoms with E-state index in [0.29, 0.717) is 29.4 Å². The van der Waals surface area contributed by atoms with E-state index >= 15 is 0 Å². The maximum Gasteiger partial charge on any atom is 0.261 e. The second kappa shape index (κ2) is 9.77. The number of carbonyl (C=O) groups is 1. The number of allylic oxidation sites excluding steroid dienone is 2. The molecule has 0 radical (unpaired) electrons. The lowest BCUT2D eigenvalue weighted by Crippen LogP contribution is -2.35. The van der Waals surface area contributed by atoms with E-state index in [1.54, 1.807) is 13.2 Å². The fraction of sp³-hybridized carbons (Fsp3) is 0.500. The zero-order valence-corrected chi connectivity index (χ0v) is 18.0. The molecule has 0 bridgehead atoms. The highest BCUT2D eigenvalue weighted by Crippen LogP contribution is 2.40. The fourth-order valence-electron chi connectivity index (χ4n) is 3.96. The Balaban J connectivity index is 1.90.